The number of sulfone groups is 1. The van der Waals surface area contributed by atoms with E-state index < -0.39 is 25.4 Å². The maximum Gasteiger partial charge on any atom is 0.258 e. The molecule has 1 N–H and O–H groups in total. The molecule has 0 aromatic heterocycles. The van der Waals surface area contributed by atoms with E-state index in [1.807, 2.05) is 13.8 Å². The molecular formula is C21H28N2O5S2. The maximum absolute atomic E-state index is 13.1. The van der Waals surface area contributed by atoms with Crippen molar-refractivity contribution in [3.05, 3.63) is 54.1 Å². The van der Waals surface area contributed by atoms with Gasteiger partial charge in [0.25, 0.3) is 5.91 Å². The molecule has 2 rings (SSSR count). The number of nitrogens with zero attached hydrogens (tertiary/aromatic N) is 1. The van der Waals surface area contributed by atoms with Crippen LogP contribution in [0.15, 0.2) is 58.3 Å². The van der Waals surface area contributed by atoms with Crippen molar-refractivity contribution < 1.29 is 21.6 Å². The second-order valence-corrected chi connectivity index (χ2v) is 12.1. The Kier molecular flexibility index (Phi) is 6.80. The Morgan fingerprint density at radius 3 is 1.73 bits per heavy atom. The number of benzene rings is 2. The third kappa shape index (κ3) is 5.90. The van der Waals surface area contributed by atoms with Gasteiger partial charge in [-0.2, -0.15) is 0 Å². The fraction of sp³-hybridized carbons (Fsp3) is 0.381. The Balaban J connectivity index is 2.35. The van der Waals surface area contributed by atoms with Crippen LogP contribution in [-0.4, -0.2) is 40.6 Å². The normalized spacial score (nSPS) is 12.8. The molecule has 1 amide bonds. The summed E-state index contributed by atoms with van der Waals surface area (Å²) in [7, 11) is -7.04. The summed E-state index contributed by atoms with van der Waals surface area (Å²) in [5.41, 5.74) is 0.249. The number of hydrogen-bond donors (Lipinski definition) is 1. The predicted molar refractivity (Wildman–Crippen MR) is 118 cm³/mol. The number of carbonyl (C=O) groups excluding carboxylic acids is 1. The lowest BCUT2D eigenvalue weighted by atomic mass is 10.1. The Morgan fingerprint density at radius 2 is 1.33 bits per heavy atom. The molecule has 0 saturated heterocycles. The molecular weight excluding hydrogens is 424 g/mol. The fourth-order valence-electron chi connectivity index (χ4n) is 2.88. The summed E-state index contributed by atoms with van der Waals surface area (Å²) in [6.45, 7) is 8.93. The highest BCUT2D eigenvalue weighted by Gasteiger charge is 2.24. The monoisotopic (exact) mass is 452 g/mol. The highest BCUT2D eigenvalue weighted by Crippen LogP contribution is 2.23. The lowest BCUT2D eigenvalue weighted by Crippen LogP contribution is -2.40. The van der Waals surface area contributed by atoms with Crippen LogP contribution in [0.4, 0.5) is 5.69 Å². The quantitative estimate of drug-likeness (QED) is 0.725. The summed E-state index contributed by atoms with van der Waals surface area (Å²) in [6, 6.07) is 11.6. The Hall–Kier alpha value is -2.23. The minimum atomic E-state index is -3.70. The van der Waals surface area contributed by atoms with Gasteiger partial charge in [-0.1, -0.05) is 0 Å². The smallest absolute Gasteiger partial charge is 0.258 e. The molecule has 0 spiro atoms. The molecule has 0 saturated carbocycles. The van der Waals surface area contributed by atoms with Crippen molar-refractivity contribution in [1.29, 1.82) is 0 Å². The first-order chi connectivity index (χ1) is 13.6. The summed E-state index contributed by atoms with van der Waals surface area (Å²) < 4.78 is 50.8. The second-order valence-electron chi connectivity index (χ2n) is 8.41. The van der Waals surface area contributed by atoms with Crippen LogP contribution < -0.4 is 9.62 Å². The van der Waals surface area contributed by atoms with Gasteiger partial charge in [0.05, 0.1) is 9.79 Å². The van der Waals surface area contributed by atoms with Crippen LogP contribution in [-0.2, 0) is 19.9 Å². The zero-order valence-corrected chi connectivity index (χ0v) is 19.6. The van der Waals surface area contributed by atoms with E-state index in [4.69, 9.17) is 0 Å². The van der Waals surface area contributed by atoms with Gasteiger partial charge in [-0.05, 0) is 83.1 Å². The van der Waals surface area contributed by atoms with Gasteiger partial charge in [0.15, 0.2) is 9.84 Å². The van der Waals surface area contributed by atoms with Crippen LogP contribution in [0.2, 0.25) is 0 Å². The molecule has 0 unspecified atom stereocenters. The minimum Gasteiger partial charge on any atom is -0.306 e. The van der Waals surface area contributed by atoms with Crippen LogP contribution in [0, 0.1) is 0 Å². The highest BCUT2D eigenvalue weighted by molar-refractivity contribution is 7.90. The van der Waals surface area contributed by atoms with E-state index in [9.17, 15) is 21.6 Å². The van der Waals surface area contributed by atoms with Crippen molar-refractivity contribution in [2.45, 2.75) is 56.0 Å². The zero-order chi connectivity index (χ0) is 22.9. The second kappa shape index (κ2) is 8.49. The lowest BCUT2D eigenvalue weighted by Gasteiger charge is -2.27. The summed E-state index contributed by atoms with van der Waals surface area (Å²) in [5.74, 6) is -0.315. The molecule has 2 aromatic rings. The van der Waals surface area contributed by atoms with E-state index in [2.05, 4.69) is 4.72 Å². The maximum atomic E-state index is 13.1. The molecule has 0 aliphatic heterocycles. The zero-order valence-electron chi connectivity index (χ0n) is 18.0. The number of rotatable bonds is 6. The number of hydrogen-bond acceptors (Lipinski definition) is 5. The van der Waals surface area contributed by atoms with Crippen molar-refractivity contribution >= 4 is 31.5 Å². The lowest BCUT2D eigenvalue weighted by molar-refractivity contribution is 0.0980. The summed E-state index contributed by atoms with van der Waals surface area (Å²) in [4.78, 5) is 14.9. The van der Waals surface area contributed by atoms with E-state index in [1.54, 1.807) is 32.9 Å². The first-order valence-corrected chi connectivity index (χ1v) is 12.8. The number of carbonyl (C=O) groups is 1. The molecule has 7 nitrogen and oxygen atoms in total. The predicted octanol–water partition coefficient (Wildman–Crippen LogP) is 3.22. The van der Waals surface area contributed by atoms with Crippen LogP contribution in [0.5, 0.6) is 0 Å². The van der Waals surface area contributed by atoms with Crippen molar-refractivity contribution in [3.8, 4) is 0 Å². The van der Waals surface area contributed by atoms with Crippen molar-refractivity contribution in [2.24, 2.45) is 0 Å². The molecule has 2 aromatic carbocycles. The van der Waals surface area contributed by atoms with Crippen LogP contribution >= 0.6 is 0 Å². The standard InChI is InChI=1S/C21H28N2O5S2/c1-15(2)23(17-9-13-18(14-10-17)29(6,25)26)20(24)16-7-11-19(12-8-16)30(27,28)22-21(3,4)5/h7-15,22H,1-6H3. The minimum absolute atomic E-state index is 0.0718. The Labute approximate surface area is 179 Å². The van der Waals surface area contributed by atoms with Crippen molar-refractivity contribution in [2.75, 3.05) is 11.2 Å². The van der Waals surface area contributed by atoms with Gasteiger partial charge in [-0.15, -0.1) is 0 Å². The average Bonchev–Trinajstić information content (AvgIpc) is 2.59. The van der Waals surface area contributed by atoms with Crippen LogP contribution in [0.3, 0.4) is 0 Å². The first kappa shape index (κ1) is 24.0. The molecule has 30 heavy (non-hydrogen) atoms. The third-order valence-electron chi connectivity index (χ3n) is 4.13. The molecule has 0 bridgehead atoms. The Morgan fingerprint density at radius 1 is 0.867 bits per heavy atom. The third-order valence-corrected chi connectivity index (χ3v) is 7.03. The SMILES string of the molecule is CC(C)N(C(=O)c1ccc(S(=O)(=O)NC(C)(C)C)cc1)c1ccc(S(C)(=O)=O)cc1. The van der Waals surface area contributed by atoms with E-state index >= 15 is 0 Å². The average molecular weight is 453 g/mol. The van der Waals surface area contributed by atoms with Gasteiger partial charge < -0.3 is 4.90 Å². The van der Waals surface area contributed by atoms with Gasteiger partial charge in [-0.25, -0.2) is 21.6 Å². The van der Waals surface area contributed by atoms with E-state index in [0.29, 0.717) is 11.3 Å². The summed E-state index contributed by atoms with van der Waals surface area (Å²) in [5, 5.41) is 0. The van der Waals surface area contributed by atoms with Gasteiger partial charge >= 0.3 is 0 Å². The van der Waals surface area contributed by atoms with Crippen LogP contribution in [0.1, 0.15) is 45.0 Å². The highest BCUT2D eigenvalue weighted by atomic mass is 32.2. The van der Waals surface area contributed by atoms with Gasteiger partial charge in [0.2, 0.25) is 10.0 Å². The summed E-state index contributed by atoms with van der Waals surface area (Å²) >= 11 is 0. The van der Waals surface area contributed by atoms with Gasteiger partial charge in [0.1, 0.15) is 0 Å². The van der Waals surface area contributed by atoms with Gasteiger partial charge in [-0.3, -0.25) is 4.79 Å². The Bertz CT molecular complexity index is 1110. The molecule has 0 fully saturated rings. The van der Waals surface area contributed by atoms with E-state index in [1.165, 1.54) is 41.3 Å². The van der Waals surface area contributed by atoms with Crippen molar-refractivity contribution in [3.63, 3.8) is 0 Å². The summed E-state index contributed by atoms with van der Waals surface area (Å²) in [6.07, 6.45) is 1.12. The number of sulfonamides is 1. The molecule has 0 atom stereocenters. The first-order valence-electron chi connectivity index (χ1n) is 9.39. The molecule has 164 valence electrons. The number of nitrogens with one attached hydrogen (secondary N) is 1. The molecule has 0 aliphatic carbocycles. The van der Waals surface area contributed by atoms with Crippen molar-refractivity contribution in [1.82, 2.24) is 4.72 Å². The van der Waals surface area contributed by atoms with E-state index in [-0.39, 0.29) is 21.7 Å². The van der Waals surface area contributed by atoms with E-state index in [0.717, 1.165) is 6.26 Å². The van der Waals surface area contributed by atoms with Crippen LogP contribution in [0.25, 0.3) is 0 Å². The molecule has 0 radical (unpaired) electrons. The largest absolute Gasteiger partial charge is 0.306 e. The molecule has 0 aliphatic rings. The molecule has 9 heteroatoms. The fourth-order valence-corrected chi connectivity index (χ4v) is 4.93. The molecule has 0 heterocycles. The number of amides is 1. The number of anilines is 1. The van der Waals surface area contributed by atoms with Gasteiger partial charge in [0, 0.05) is 29.1 Å². The topological polar surface area (TPSA) is 101 Å².